The molecular formula is C24H22Cl2N6O2. The van der Waals surface area contributed by atoms with E-state index in [-0.39, 0.29) is 29.4 Å². The van der Waals surface area contributed by atoms with E-state index in [9.17, 15) is 9.59 Å². The van der Waals surface area contributed by atoms with Crippen molar-refractivity contribution in [1.82, 2.24) is 29.9 Å². The van der Waals surface area contributed by atoms with E-state index in [0.29, 0.717) is 45.7 Å². The number of carbonyl (C=O) groups excluding carboxylic acids is 1. The summed E-state index contributed by atoms with van der Waals surface area (Å²) < 4.78 is 1.53. The van der Waals surface area contributed by atoms with Crippen LogP contribution in [0.3, 0.4) is 0 Å². The lowest BCUT2D eigenvalue weighted by molar-refractivity contribution is 0.0704. The summed E-state index contributed by atoms with van der Waals surface area (Å²) in [5.74, 6) is 0.397. The molecule has 0 radical (unpaired) electrons. The molecule has 0 bridgehead atoms. The second-order valence-corrected chi connectivity index (χ2v) is 9.34. The minimum absolute atomic E-state index is 0.0202. The first-order valence-corrected chi connectivity index (χ1v) is 11.8. The van der Waals surface area contributed by atoms with Crippen LogP contribution in [0.5, 0.6) is 0 Å². The number of aryl methyl sites for hydroxylation is 1. The molecule has 0 saturated carbocycles. The lowest BCUT2D eigenvalue weighted by Crippen LogP contribution is -2.40. The van der Waals surface area contributed by atoms with Crippen LogP contribution in [0.2, 0.25) is 10.0 Å². The van der Waals surface area contributed by atoms with Gasteiger partial charge in [0, 0.05) is 40.2 Å². The average Bonchev–Trinajstić information content (AvgIpc) is 3.25. The van der Waals surface area contributed by atoms with E-state index in [4.69, 9.17) is 28.2 Å². The number of hydrogen-bond acceptors (Lipinski definition) is 5. The Morgan fingerprint density at radius 2 is 1.88 bits per heavy atom. The molecular weight excluding hydrogens is 475 g/mol. The third-order valence-electron chi connectivity index (χ3n) is 6.16. The monoisotopic (exact) mass is 496 g/mol. The quantitative estimate of drug-likeness (QED) is 0.456. The summed E-state index contributed by atoms with van der Waals surface area (Å²) in [6.45, 7) is 3.36. The first-order valence-electron chi connectivity index (χ1n) is 11.0. The van der Waals surface area contributed by atoms with Crippen LogP contribution < -0.4 is 5.56 Å². The maximum atomic E-state index is 13.0. The molecule has 1 aliphatic heterocycles. The zero-order chi connectivity index (χ0) is 23.8. The smallest absolute Gasteiger partial charge is 0.281 e. The van der Waals surface area contributed by atoms with Gasteiger partial charge in [0.2, 0.25) is 0 Å². The van der Waals surface area contributed by atoms with E-state index in [2.05, 4.69) is 15.3 Å². The van der Waals surface area contributed by atoms with Gasteiger partial charge in [-0.1, -0.05) is 52.2 Å². The van der Waals surface area contributed by atoms with Crippen molar-refractivity contribution < 1.29 is 4.79 Å². The molecule has 3 heterocycles. The van der Waals surface area contributed by atoms with Crippen LogP contribution in [0.1, 0.15) is 46.1 Å². The standard InChI is InChI=1S/C24H22Cl2N6O2/c1-14-7-9-15(10-8-14)24(34)31-11-3-4-16(12-31)21-27-22-20(23(33)28-21)29-30-32(22)13-17-18(25)5-2-6-19(17)26/h2,5-10,16H,3-4,11-13H2,1H3,(H,27,28,33). The van der Waals surface area contributed by atoms with Crippen molar-refractivity contribution in [2.24, 2.45) is 0 Å². The van der Waals surface area contributed by atoms with Crippen molar-refractivity contribution in [3.05, 3.63) is 85.4 Å². The molecule has 0 spiro atoms. The van der Waals surface area contributed by atoms with E-state index in [1.165, 1.54) is 4.68 Å². The van der Waals surface area contributed by atoms with Gasteiger partial charge in [0.05, 0.1) is 6.54 Å². The number of halogens is 2. The van der Waals surface area contributed by atoms with Crippen LogP contribution in [0.25, 0.3) is 11.2 Å². The summed E-state index contributed by atoms with van der Waals surface area (Å²) in [5, 5.41) is 9.12. The number of rotatable bonds is 4. The summed E-state index contributed by atoms with van der Waals surface area (Å²) in [6.07, 6.45) is 1.63. The summed E-state index contributed by atoms with van der Waals surface area (Å²) in [7, 11) is 0. The van der Waals surface area contributed by atoms with E-state index < -0.39 is 0 Å². The number of nitrogens with zero attached hydrogens (tertiary/aromatic N) is 5. The molecule has 1 fully saturated rings. The van der Waals surface area contributed by atoms with Crippen LogP contribution in [-0.4, -0.2) is 48.9 Å². The molecule has 1 atom stereocenters. The van der Waals surface area contributed by atoms with Gasteiger partial charge in [0.15, 0.2) is 11.2 Å². The Balaban J connectivity index is 1.44. The van der Waals surface area contributed by atoms with Gasteiger partial charge in [-0.25, -0.2) is 9.67 Å². The Morgan fingerprint density at radius 1 is 1.15 bits per heavy atom. The Morgan fingerprint density at radius 3 is 2.62 bits per heavy atom. The van der Waals surface area contributed by atoms with E-state index in [1.807, 2.05) is 36.1 Å². The van der Waals surface area contributed by atoms with Crippen molar-refractivity contribution in [3.63, 3.8) is 0 Å². The number of amides is 1. The fourth-order valence-electron chi connectivity index (χ4n) is 4.28. The highest BCUT2D eigenvalue weighted by atomic mass is 35.5. The van der Waals surface area contributed by atoms with Crippen molar-refractivity contribution in [2.75, 3.05) is 13.1 Å². The summed E-state index contributed by atoms with van der Waals surface area (Å²) in [6, 6.07) is 12.8. The van der Waals surface area contributed by atoms with E-state index in [0.717, 1.165) is 18.4 Å². The van der Waals surface area contributed by atoms with Crippen LogP contribution in [-0.2, 0) is 6.54 Å². The number of likely N-dealkylation sites (tertiary alicyclic amines) is 1. The number of aromatic amines is 1. The largest absolute Gasteiger partial charge is 0.338 e. The fraction of sp³-hybridized carbons (Fsp3) is 0.292. The molecule has 0 aliphatic carbocycles. The Labute approximate surface area is 205 Å². The van der Waals surface area contributed by atoms with Gasteiger partial charge < -0.3 is 9.88 Å². The number of hydrogen-bond donors (Lipinski definition) is 1. The number of fused-ring (bicyclic) bond motifs is 1. The van der Waals surface area contributed by atoms with Crippen molar-refractivity contribution in [3.8, 4) is 0 Å². The normalized spacial score (nSPS) is 16.2. The molecule has 8 nitrogen and oxygen atoms in total. The molecule has 4 aromatic rings. The molecule has 1 amide bonds. The number of benzene rings is 2. The number of aromatic nitrogens is 5. The molecule has 2 aromatic heterocycles. The molecule has 2 aromatic carbocycles. The maximum Gasteiger partial charge on any atom is 0.281 e. The highest BCUT2D eigenvalue weighted by Crippen LogP contribution is 2.27. The lowest BCUT2D eigenvalue weighted by atomic mass is 9.96. The number of piperidine rings is 1. The molecule has 5 rings (SSSR count). The molecule has 1 N–H and O–H groups in total. The molecule has 1 aliphatic rings. The van der Waals surface area contributed by atoms with E-state index >= 15 is 0 Å². The molecule has 1 unspecified atom stereocenters. The Bertz CT molecular complexity index is 1410. The maximum absolute atomic E-state index is 13.0. The first-order chi connectivity index (χ1) is 16.4. The van der Waals surface area contributed by atoms with E-state index in [1.54, 1.807) is 18.2 Å². The number of H-pyrrole nitrogens is 1. The van der Waals surface area contributed by atoms with Crippen LogP contribution in [0, 0.1) is 6.92 Å². The zero-order valence-corrected chi connectivity index (χ0v) is 20.0. The van der Waals surface area contributed by atoms with Gasteiger partial charge in [0.1, 0.15) is 5.82 Å². The fourth-order valence-corrected chi connectivity index (χ4v) is 4.80. The van der Waals surface area contributed by atoms with Crippen molar-refractivity contribution in [2.45, 2.75) is 32.2 Å². The van der Waals surface area contributed by atoms with Crippen LogP contribution >= 0.6 is 23.2 Å². The Kier molecular flexibility index (Phi) is 6.10. The van der Waals surface area contributed by atoms with Gasteiger partial charge in [-0.3, -0.25) is 9.59 Å². The SMILES string of the molecule is Cc1ccc(C(=O)N2CCCC(c3nc4c(nnn4Cc4c(Cl)cccc4Cl)c(=O)[nH]3)C2)cc1. The van der Waals surface area contributed by atoms with Gasteiger partial charge in [-0.15, -0.1) is 5.10 Å². The predicted octanol–water partition coefficient (Wildman–Crippen LogP) is 4.20. The number of nitrogens with one attached hydrogen (secondary N) is 1. The molecule has 174 valence electrons. The summed E-state index contributed by atoms with van der Waals surface area (Å²) in [4.78, 5) is 35.2. The molecule has 10 heteroatoms. The topological polar surface area (TPSA) is 96.8 Å². The van der Waals surface area contributed by atoms with Gasteiger partial charge in [0.25, 0.3) is 11.5 Å². The van der Waals surface area contributed by atoms with Gasteiger partial charge in [-0.05, 0) is 44.0 Å². The highest BCUT2D eigenvalue weighted by molar-refractivity contribution is 6.36. The highest BCUT2D eigenvalue weighted by Gasteiger charge is 2.28. The first kappa shape index (κ1) is 22.6. The third-order valence-corrected chi connectivity index (χ3v) is 6.86. The second kappa shape index (κ2) is 9.19. The zero-order valence-electron chi connectivity index (χ0n) is 18.5. The lowest BCUT2D eigenvalue weighted by Gasteiger charge is -2.32. The molecule has 34 heavy (non-hydrogen) atoms. The third kappa shape index (κ3) is 4.31. The minimum Gasteiger partial charge on any atom is -0.338 e. The van der Waals surface area contributed by atoms with Crippen molar-refractivity contribution >= 4 is 40.3 Å². The average molecular weight is 497 g/mol. The second-order valence-electron chi connectivity index (χ2n) is 8.53. The molecule has 1 saturated heterocycles. The number of carbonyl (C=O) groups is 1. The summed E-state index contributed by atoms with van der Waals surface area (Å²) in [5.41, 5.74) is 2.58. The van der Waals surface area contributed by atoms with Gasteiger partial charge >= 0.3 is 0 Å². The van der Waals surface area contributed by atoms with Gasteiger partial charge in [-0.2, -0.15) is 0 Å². The minimum atomic E-state index is -0.363. The van der Waals surface area contributed by atoms with Crippen LogP contribution in [0.15, 0.2) is 47.3 Å². The van der Waals surface area contributed by atoms with Crippen molar-refractivity contribution in [1.29, 1.82) is 0 Å². The Hall–Kier alpha value is -3.23. The van der Waals surface area contributed by atoms with Crippen LogP contribution in [0.4, 0.5) is 0 Å². The predicted molar refractivity (Wildman–Crippen MR) is 131 cm³/mol. The summed E-state index contributed by atoms with van der Waals surface area (Å²) >= 11 is 12.6.